The fraction of sp³-hybridized carbons (Fsp3) is 0.444. The number of ether oxygens (including phenoxy) is 2. The summed E-state index contributed by atoms with van der Waals surface area (Å²) in [5.74, 6) is 1.71. The van der Waals surface area contributed by atoms with Gasteiger partial charge in [0.25, 0.3) is 0 Å². The molecule has 0 spiro atoms. The summed E-state index contributed by atoms with van der Waals surface area (Å²) in [4.78, 5) is 23.5. The average molecular weight is 407 g/mol. The molecule has 1 aromatic heterocycles. The Bertz CT molecular complexity index is 794. The van der Waals surface area contributed by atoms with Crippen LogP contribution in [0.1, 0.15) is 26.1 Å². The van der Waals surface area contributed by atoms with E-state index in [1.54, 1.807) is 30.9 Å². The summed E-state index contributed by atoms with van der Waals surface area (Å²) in [6.07, 6.45) is 0.788. The molecule has 1 heterocycles. The van der Waals surface area contributed by atoms with Gasteiger partial charge in [-0.1, -0.05) is 18.7 Å². The quantitative estimate of drug-likeness (QED) is 0.613. The summed E-state index contributed by atoms with van der Waals surface area (Å²) in [7, 11) is 3.40. The number of carbonyl (C=O) groups excluding carboxylic acids is 2. The lowest BCUT2D eigenvalue weighted by Crippen LogP contribution is -2.43. The first-order valence-corrected chi connectivity index (χ1v) is 9.79. The smallest absolute Gasteiger partial charge is 0.321 e. The molecule has 1 aromatic carbocycles. The van der Waals surface area contributed by atoms with Crippen LogP contribution in [-0.2, 0) is 18.4 Å². The Kier molecular flexibility index (Phi) is 8.12. The highest BCUT2D eigenvalue weighted by Crippen LogP contribution is 2.19. The van der Waals surface area contributed by atoms with Crippen LogP contribution in [0.15, 0.2) is 29.4 Å². The molecule has 0 saturated heterocycles. The number of methoxy groups -OCH3 is 1. The number of urea groups is 1. The number of nitrogens with one attached hydrogen (secondary N) is 2. The van der Waals surface area contributed by atoms with Gasteiger partial charge in [0.1, 0.15) is 18.1 Å². The number of hydrogen-bond acceptors (Lipinski definition) is 7. The first kappa shape index (κ1) is 21.5. The fourth-order valence-electron chi connectivity index (χ4n) is 2.07. The Morgan fingerprint density at radius 1 is 1.21 bits per heavy atom. The molecule has 1 atom stereocenters. The van der Waals surface area contributed by atoms with Gasteiger partial charge in [-0.15, -0.1) is 10.2 Å². The van der Waals surface area contributed by atoms with Crippen molar-refractivity contribution in [2.75, 3.05) is 12.9 Å². The van der Waals surface area contributed by atoms with Crippen LogP contribution in [0, 0.1) is 0 Å². The Morgan fingerprint density at radius 3 is 2.54 bits per heavy atom. The number of nitrogens with zero attached hydrogens (tertiary/aromatic N) is 3. The van der Waals surface area contributed by atoms with Gasteiger partial charge >= 0.3 is 6.03 Å². The zero-order valence-electron chi connectivity index (χ0n) is 16.4. The first-order chi connectivity index (χ1) is 13.4. The van der Waals surface area contributed by atoms with Crippen molar-refractivity contribution in [2.24, 2.45) is 7.05 Å². The van der Waals surface area contributed by atoms with E-state index >= 15 is 0 Å². The van der Waals surface area contributed by atoms with Crippen molar-refractivity contribution in [3.8, 4) is 11.5 Å². The second-order valence-corrected chi connectivity index (χ2v) is 6.98. The summed E-state index contributed by atoms with van der Waals surface area (Å²) in [6, 6.07) is 6.74. The molecule has 3 amide bonds. The monoisotopic (exact) mass is 407 g/mol. The zero-order valence-corrected chi connectivity index (χ0v) is 17.2. The van der Waals surface area contributed by atoms with E-state index in [-0.39, 0.29) is 18.4 Å². The minimum atomic E-state index is -0.494. The molecule has 9 nitrogen and oxygen atoms in total. The second-order valence-electron chi connectivity index (χ2n) is 6.04. The maximum absolute atomic E-state index is 11.9. The van der Waals surface area contributed by atoms with Crippen molar-refractivity contribution in [3.63, 3.8) is 0 Å². The third-order valence-corrected chi connectivity index (χ3v) is 4.95. The summed E-state index contributed by atoms with van der Waals surface area (Å²) < 4.78 is 12.5. The topological polar surface area (TPSA) is 107 Å². The maximum atomic E-state index is 11.9. The highest BCUT2D eigenvalue weighted by Gasteiger charge is 2.14. The van der Waals surface area contributed by atoms with Crippen molar-refractivity contribution in [3.05, 3.63) is 30.1 Å². The number of imide groups is 1. The normalized spacial score (nSPS) is 11.6. The summed E-state index contributed by atoms with van der Waals surface area (Å²) in [5.41, 5.74) is 0. The summed E-state index contributed by atoms with van der Waals surface area (Å²) in [6.45, 7) is 4.06. The van der Waals surface area contributed by atoms with Gasteiger partial charge in [-0.05, 0) is 37.6 Å². The third-order valence-electron chi connectivity index (χ3n) is 3.93. The van der Waals surface area contributed by atoms with Gasteiger partial charge in [0.15, 0.2) is 11.0 Å². The molecule has 0 bridgehead atoms. The van der Waals surface area contributed by atoms with Crippen molar-refractivity contribution in [1.82, 2.24) is 25.4 Å². The molecular formula is C18H25N5O4S. The minimum absolute atomic E-state index is 0.00690. The SMILES string of the molecule is CC[C@H](C)NC(=O)NC(=O)CSc1nnc(COc2ccc(OC)cc2)n1C. The predicted molar refractivity (Wildman–Crippen MR) is 105 cm³/mol. The number of aromatic nitrogens is 3. The number of amides is 3. The zero-order chi connectivity index (χ0) is 20.5. The predicted octanol–water partition coefficient (Wildman–Crippen LogP) is 2.12. The maximum Gasteiger partial charge on any atom is 0.321 e. The standard InChI is InChI=1S/C18H25N5O4S/c1-5-12(2)19-17(25)20-16(24)11-28-18-22-21-15(23(18)3)10-27-14-8-6-13(26-4)7-9-14/h6-9,12H,5,10-11H2,1-4H3,(H2,19,20,24,25)/t12-/m0/s1. The molecule has 0 aliphatic rings. The highest BCUT2D eigenvalue weighted by atomic mass is 32.2. The number of benzene rings is 1. The van der Waals surface area contributed by atoms with Crippen molar-refractivity contribution >= 4 is 23.7 Å². The van der Waals surface area contributed by atoms with Gasteiger partial charge < -0.3 is 19.4 Å². The van der Waals surface area contributed by atoms with E-state index in [0.29, 0.717) is 16.7 Å². The molecular weight excluding hydrogens is 382 g/mol. The van der Waals surface area contributed by atoms with Crippen LogP contribution < -0.4 is 20.1 Å². The second kappa shape index (κ2) is 10.5. The molecule has 0 aliphatic heterocycles. The summed E-state index contributed by atoms with van der Waals surface area (Å²) in [5, 5.41) is 13.7. The van der Waals surface area contributed by atoms with E-state index in [1.165, 1.54) is 11.8 Å². The largest absolute Gasteiger partial charge is 0.497 e. The van der Waals surface area contributed by atoms with Crippen LogP contribution in [0.4, 0.5) is 4.79 Å². The molecule has 28 heavy (non-hydrogen) atoms. The molecule has 0 fully saturated rings. The highest BCUT2D eigenvalue weighted by molar-refractivity contribution is 7.99. The van der Waals surface area contributed by atoms with Crippen molar-refractivity contribution in [2.45, 2.75) is 38.1 Å². The average Bonchev–Trinajstić information content (AvgIpc) is 3.04. The van der Waals surface area contributed by atoms with Gasteiger partial charge in [-0.3, -0.25) is 10.1 Å². The van der Waals surface area contributed by atoms with Crippen LogP contribution in [0.3, 0.4) is 0 Å². The summed E-state index contributed by atoms with van der Waals surface area (Å²) >= 11 is 1.19. The molecule has 2 aromatic rings. The minimum Gasteiger partial charge on any atom is -0.497 e. The van der Waals surface area contributed by atoms with E-state index in [1.807, 2.05) is 26.0 Å². The van der Waals surface area contributed by atoms with Gasteiger partial charge in [0, 0.05) is 13.1 Å². The molecule has 0 unspecified atom stereocenters. The van der Waals surface area contributed by atoms with E-state index in [4.69, 9.17) is 9.47 Å². The van der Waals surface area contributed by atoms with Crippen LogP contribution >= 0.6 is 11.8 Å². The molecule has 2 N–H and O–H groups in total. The lowest BCUT2D eigenvalue weighted by atomic mass is 10.3. The Morgan fingerprint density at radius 2 is 1.89 bits per heavy atom. The Labute approximate surface area is 168 Å². The molecule has 0 radical (unpaired) electrons. The van der Waals surface area contributed by atoms with Gasteiger partial charge in [-0.25, -0.2) is 4.79 Å². The van der Waals surface area contributed by atoms with E-state index < -0.39 is 11.9 Å². The van der Waals surface area contributed by atoms with Crippen LogP contribution in [0.25, 0.3) is 0 Å². The van der Waals surface area contributed by atoms with Gasteiger partial charge in [0.05, 0.1) is 12.9 Å². The lowest BCUT2D eigenvalue weighted by Gasteiger charge is -2.11. The number of hydrogen-bond donors (Lipinski definition) is 2. The third kappa shape index (κ3) is 6.45. The molecule has 10 heteroatoms. The molecule has 0 aliphatic carbocycles. The number of thioether (sulfide) groups is 1. The Balaban J connectivity index is 1.81. The molecule has 152 valence electrons. The fourth-order valence-corrected chi connectivity index (χ4v) is 2.80. The lowest BCUT2D eigenvalue weighted by molar-refractivity contribution is -0.117. The van der Waals surface area contributed by atoms with Gasteiger partial charge in [0.2, 0.25) is 5.91 Å². The number of carbonyl (C=O) groups is 2. The van der Waals surface area contributed by atoms with E-state index in [0.717, 1.165) is 12.2 Å². The van der Waals surface area contributed by atoms with Crippen LogP contribution in [-0.4, -0.2) is 45.6 Å². The number of rotatable bonds is 9. The first-order valence-electron chi connectivity index (χ1n) is 8.81. The molecule has 2 rings (SSSR count). The molecule has 0 saturated carbocycles. The Hall–Kier alpha value is -2.75. The van der Waals surface area contributed by atoms with Crippen LogP contribution in [0.2, 0.25) is 0 Å². The van der Waals surface area contributed by atoms with E-state index in [9.17, 15) is 9.59 Å². The van der Waals surface area contributed by atoms with Crippen molar-refractivity contribution in [1.29, 1.82) is 0 Å². The van der Waals surface area contributed by atoms with Gasteiger partial charge in [-0.2, -0.15) is 0 Å². The van der Waals surface area contributed by atoms with Crippen LogP contribution in [0.5, 0.6) is 11.5 Å². The van der Waals surface area contributed by atoms with E-state index in [2.05, 4.69) is 20.8 Å². The van der Waals surface area contributed by atoms with Crippen molar-refractivity contribution < 1.29 is 19.1 Å².